The van der Waals surface area contributed by atoms with Gasteiger partial charge in [-0.15, -0.1) is 0 Å². The second-order valence-electron chi connectivity index (χ2n) is 4.53. The predicted octanol–water partition coefficient (Wildman–Crippen LogP) is -0.110. The molecule has 3 heteroatoms. The lowest BCUT2D eigenvalue weighted by Crippen LogP contribution is -2.51. The molecule has 1 unspecified atom stereocenters. The zero-order valence-corrected chi connectivity index (χ0v) is 8.55. The van der Waals surface area contributed by atoms with E-state index in [-0.39, 0.29) is 0 Å². The summed E-state index contributed by atoms with van der Waals surface area (Å²) in [6, 6.07) is 0.749. The van der Waals surface area contributed by atoms with Gasteiger partial charge in [0.25, 0.3) is 0 Å². The van der Waals surface area contributed by atoms with Crippen LogP contribution in [0.2, 0.25) is 0 Å². The van der Waals surface area contributed by atoms with E-state index in [9.17, 15) is 0 Å². The van der Waals surface area contributed by atoms with Gasteiger partial charge < -0.3 is 15.5 Å². The molecule has 2 aliphatic rings. The van der Waals surface area contributed by atoms with Gasteiger partial charge in [0.1, 0.15) is 0 Å². The summed E-state index contributed by atoms with van der Waals surface area (Å²) >= 11 is 0. The van der Waals surface area contributed by atoms with E-state index in [1.807, 2.05) is 0 Å². The topological polar surface area (TPSA) is 27.3 Å². The van der Waals surface area contributed by atoms with Crippen LogP contribution in [0.3, 0.4) is 0 Å². The Bertz CT molecular complexity index is 156. The second-order valence-corrected chi connectivity index (χ2v) is 4.53. The highest BCUT2D eigenvalue weighted by Crippen LogP contribution is 2.09. The Morgan fingerprint density at radius 1 is 1.46 bits per heavy atom. The number of nitrogens with zero attached hydrogens (tertiary/aromatic N) is 1. The third-order valence-electron chi connectivity index (χ3n) is 3.19. The van der Waals surface area contributed by atoms with Gasteiger partial charge in [0.05, 0.1) is 0 Å². The minimum absolute atomic E-state index is 0.749. The first-order valence-corrected chi connectivity index (χ1v) is 5.47. The van der Waals surface area contributed by atoms with Crippen molar-refractivity contribution in [2.24, 2.45) is 5.92 Å². The number of rotatable bonds is 3. The molecule has 2 aliphatic heterocycles. The molecule has 13 heavy (non-hydrogen) atoms. The van der Waals surface area contributed by atoms with Crippen LogP contribution in [0.5, 0.6) is 0 Å². The van der Waals surface area contributed by atoms with Gasteiger partial charge in [-0.3, -0.25) is 0 Å². The summed E-state index contributed by atoms with van der Waals surface area (Å²) < 4.78 is 0. The van der Waals surface area contributed by atoms with Gasteiger partial charge in [-0.2, -0.15) is 0 Å². The Kier molecular flexibility index (Phi) is 3.19. The molecule has 0 bridgehead atoms. The van der Waals surface area contributed by atoms with Crippen molar-refractivity contribution < 1.29 is 0 Å². The molecule has 2 rings (SSSR count). The maximum absolute atomic E-state index is 3.67. The molecule has 0 aromatic heterocycles. The molecule has 2 N–H and O–H groups in total. The molecule has 0 spiro atoms. The lowest BCUT2D eigenvalue weighted by molar-refractivity contribution is 0.213. The molecular formula is C10H21N3. The fraction of sp³-hybridized carbons (Fsp3) is 1.00. The van der Waals surface area contributed by atoms with Gasteiger partial charge in [-0.25, -0.2) is 0 Å². The molecule has 0 radical (unpaired) electrons. The lowest BCUT2D eigenvalue weighted by atomic mass is 10.0. The van der Waals surface area contributed by atoms with Gasteiger partial charge in [0.15, 0.2) is 0 Å². The minimum Gasteiger partial charge on any atom is -0.316 e. The highest BCUT2D eigenvalue weighted by Gasteiger charge is 2.20. The first-order chi connectivity index (χ1) is 6.34. The summed E-state index contributed by atoms with van der Waals surface area (Å²) in [5.41, 5.74) is 0. The van der Waals surface area contributed by atoms with Gasteiger partial charge >= 0.3 is 0 Å². The van der Waals surface area contributed by atoms with Gasteiger partial charge in [0, 0.05) is 32.2 Å². The van der Waals surface area contributed by atoms with E-state index in [0.29, 0.717) is 0 Å². The number of piperidine rings is 1. The second kappa shape index (κ2) is 4.40. The number of hydrogen-bond acceptors (Lipinski definition) is 3. The van der Waals surface area contributed by atoms with E-state index >= 15 is 0 Å². The fourth-order valence-corrected chi connectivity index (χ4v) is 2.16. The Morgan fingerprint density at radius 3 is 2.92 bits per heavy atom. The van der Waals surface area contributed by atoms with Gasteiger partial charge in [-0.05, 0) is 32.4 Å². The summed E-state index contributed by atoms with van der Waals surface area (Å²) in [6.07, 6.45) is 2.72. The van der Waals surface area contributed by atoms with Crippen molar-refractivity contribution in [1.82, 2.24) is 15.5 Å². The van der Waals surface area contributed by atoms with Crippen LogP contribution in [0.4, 0.5) is 0 Å². The van der Waals surface area contributed by atoms with E-state index in [2.05, 4.69) is 22.6 Å². The van der Waals surface area contributed by atoms with Crippen LogP contribution >= 0.6 is 0 Å². The predicted molar refractivity (Wildman–Crippen MR) is 54.9 cm³/mol. The van der Waals surface area contributed by atoms with Gasteiger partial charge in [-0.1, -0.05) is 0 Å². The summed E-state index contributed by atoms with van der Waals surface area (Å²) in [5, 5.41) is 6.98. The summed E-state index contributed by atoms with van der Waals surface area (Å²) in [7, 11) is 2.22. The van der Waals surface area contributed by atoms with Crippen molar-refractivity contribution in [3.63, 3.8) is 0 Å². The zero-order valence-electron chi connectivity index (χ0n) is 8.55. The van der Waals surface area contributed by atoms with Crippen LogP contribution in [-0.2, 0) is 0 Å². The molecule has 2 heterocycles. The van der Waals surface area contributed by atoms with E-state index in [4.69, 9.17) is 0 Å². The van der Waals surface area contributed by atoms with E-state index in [0.717, 1.165) is 12.0 Å². The number of hydrogen-bond donors (Lipinski definition) is 2. The average Bonchev–Trinajstić information content (AvgIpc) is 2.01. The van der Waals surface area contributed by atoms with Crippen LogP contribution in [0.25, 0.3) is 0 Å². The Balaban J connectivity index is 1.62. The SMILES string of the molecule is CN1CCCC(NCC2CNC2)C1. The zero-order chi connectivity index (χ0) is 9.10. The van der Waals surface area contributed by atoms with Crippen molar-refractivity contribution in [2.75, 3.05) is 39.8 Å². The molecule has 0 aromatic carbocycles. The van der Waals surface area contributed by atoms with Gasteiger partial charge in [0.2, 0.25) is 0 Å². The molecule has 0 aliphatic carbocycles. The van der Waals surface area contributed by atoms with E-state index in [1.54, 1.807) is 0 Å². The van der Waals surface area contributed by atoms with Crippen molar-refractivity contribution >= 4 is 0 Å². The largest absolute Gasteiger partial charge is 0.316 e. The highest BCUT2D eigenvalue weighted by molar-refractivity contribution is 4.81. The summed E-state index contributed by atoms with van der Waals surface area (Å²) in [5.74, 6) is 0.896. The third-order valence-corrected chi connectivity index (χ3v) is 3.19. The first-order valence-electron chi connectivity index (χ1n) is 5.47. The molecular weight excluding hydrogens is 162 g/mol. The Labute approximate surface area is 80.9 Å². The first kappa shape index (κ1) is 9.44. The lowest BCUT2D eigenvalue weighted by Gasteiger charge is -2.33. The highest BCUT2D eigenvalue weighted by atomic mass is 15.1. The number of nitrogens with one attached hydrogen (secondary N) is 2. The quantitative estimate of drug-likeness (QED) is 0.639. The monoisotopic (exact) mass is 183 g/mol. The standard InChI is InChI=1S/C10H21N3/c1-13-4-2-3-10(8-13)12-7-9-5-11-6-9/h9-12H,2-8H2,1H3. The van der Waals surface area contributed by atoms with Crippen molar-refractivity contribution in [3.05, 3.63) is 0 Å². The Hall–Kier alpha value is -0.120. The number of likely N-dealkylation sites (N-methyl/N-ethyl adjacent to an activating group) is 1. The molecule has 3 nitrogen and oxygen atoms in total. The number of likely N-dealkylation sites (tertiary alicyclic amines) is 1. The van der Waals surface area contributed by atoms with E-state index in [1.165, 1.54) is 45.6 Å². The van der Waals surface area contributed by atoms with Crippen LogP contribution in [-0.4, -0.2) is 50.7 Å². The smallest absolute Gasteiger partial charge is 0.0195 e. The molecule has 76 valence electrons. The van der Waals surface area contributed by atoms with Crippen LogP contribution in [0, 0.1) is 5.92 Å². The molecule has 1 atom stereocenters. The van der Waals surface area contributed by atoms with E-state index < -0.39 is 0 Å². The Morgan fingerprint density at radius 2 is 2.31 bits per heavy atom. The molecule has 0 aromatic rings. The minimum atomic E-state index is 0.749. The maximum atomic E-state index is 3.67. The van der Waals surface area contributed by atoms with Crippen LogP contribution in [0.15, 0.2) is 0 Å². The third kappa shape index (κ3) is 2.66. The molecule has 0 saturated carbocycles. The van der Waals surface area contributed by atoms with Crippen molar-refractivity contribution in [1.29, 1.82) is 0 Å². The molecule has 0 amide bonds. The average molecular weight is 183 g/mol. The van der Waals surface area contributed by atoms with Crippen molar-refractivity contribution in [3.8, 4) is 0 Å². The maximum Gasteiger partial charge on any atom is 0.0195 e. The van der Waals surface area contributed by atoms with Crippen molar-refractivity contribution in [2.45, 2.75) is 18.9 Å². The normalized spacial score (nSPS) is 31.6. The van der Waals surface area contributed by atoms with Crippen LogP contribution in [0.1, 0.15) is 12.8 Å². The molecule has 2 saturated heterocycles. The summed E-state index contributed by atoms with van der Waals surface area (Å²) in [4.78, 5) is 2.43. The van der Waals surface area contributed by atoms with Crippen LogP contribution < -0.4 is 10.6 Å². The molecule has 2 fully saturated rings. The fourth-order valence-electron chi connectivity index (χ4n) is 2.16. The summed E-state index contributed by atoms with van der Waals surface area (Å²) in [6.45, 7) is 6.17.